The highest BCUT2D eigenvalue weighted by Crippen LogP contribution is 2.48. The molecule has 5 rings (SSSR count). The maximum Gasteiger partial charge on any atom is 0.159 e. The molecule has 2 fully saturated rings. The van der Waals surface area contributed by atoms with Crippen molar-refractivity contribution in [2.45, 2.75) is 57.2 Å². The lowest BCUT2D eigenvalue weighted by atomic mass is 9.68. The predicted octanol–water partition coefficient (Wildman–Crippen LogP) is 2.36. The number of pyridine rings is 1. The summed E-state index contributed by atoms with van der Waals surface area (Å²) in [5, 5.41) is 13.5. The number of nitrogens with zero attached hydrogens (tertiary/aromatic N) is 4. The van der Waals surface area contributed by atoms with Gasteiger partial charge in [0.2, 0.25) is 0 Å². The Morgan fingerprint density at radius 2 is 2.06 bits per heavy atom. The molecule has 3 aliphatic rings. The van der Waals surface area contributed by atoms with Crippen molar-refractivity contribution in [1.29, 1.82) is 0 Å². The Hall–Kier alpha value is -2.20. The summed E-state index contributed by atoms with van der Waals surface area (Å²) in [6.45, 7) is 3.51. The lowest BCUT2D eigenvalue weighted by molar-refractivity contribution is -0.120. The monoisotopic (exact) mass is 447 g/mol. The maximum atomic E-state index is 11.9. The molecule has 1 spiro atoms. The summed E-state index contributed by atoms with van der Waals surface area (Å²) in [6.07, 6.45) is 7.52. The topological polar surface area (TPSA) is 108 Å². The fourth-order valence-electron chi connectivity index (χ4n) is 5.10. The average molecular weight is 448 g/mol. The number of hydrogen-bond acceptors (Lipinski definition) is 8. The van der Waals surface area contributed by atoms with Crippen LogP contribution in [0.25, 0.3) is 11.0 Å². The second-order valence-electron chi connectivity index (χ2n) is 9.03. The summed E-state index contributed by atoms with van der Waals surface area (Å²) in [6, 6.07) is 0.0875. The van der Waals surface area contributed by atoms with E-state index in [0.29, 0.717) is 18.8 Å². The number of nitrogens with one attached hydrogen (secondary N) is 1. The number of methoxy groups -OCH3 is 1. The molecule has 0 bridgehead atoms. The van der Waals surface area contributed by atoms with Gasteiger partial charge in [-0.1, -0.05) is 5.16 Å². The molecule has 1 saturated carbocycles. The van der Waals surface area contributed by atoms with E-state index in [-0.39, 0.29) is 23.1 Å². The molecule has 4 heterocycles. The zero-order valence-electron chi connectivity index (χ0n) is 18.0. The van der Waals surface area contributed by atoms with Crippen LogP contribution in [0, 0.1) is 5.92 Å². The Bertz CT molecular complexity index is 1110. The van der Waals surface area contributed by atoms with E-state index in [1.165, 1.54) is 0 Å². The van der Waals surface area contributed by atoms with Crippen LogP contribution in [0.4, 0.5) is 5.69 Å². The van der Waals surface area contributed by atoms with Crippen molar-refractivity contribution in [2.75, 3.05) is 30.5 Å². The molecule has 31 heavy (non-hydrogen) atoms. The van der Waals surface area contributed by atoms with E-state index in [1.54, 1.807) is 7.11 Å². The number of sulfone groups is 1. The first kappa shape index (κ1) is 20.7. The van der Waals surface area contributed by atoms with Crippen molar-refractivity contribution in [1.82, 2.24) is 14.8 Å². The number of aromatic nitrogens is 3. The van der Waals surface area contributed by atoms with Crippen LogP contribution in [0.2, 0.25) is 0 Å². The van der Waals surface area contributed by atoms with Gasteiger partial charge in [-0.3, -0.25) is 0 Å². The van der Waals surface area contributed by atoms with Crippen LogP contribution >= 0.6 is 0 Å². The van der Waals surface area contributed by atoms with Crippen LogP contribution < -0.4 is 5.32 Å². The highest BCUT2D eigenvalue weighted by atomic mass is 32.2. The van der Waals surface area contributed by atoms with Gasteiger partial charge in [0.1, 0.15) is 15.4 Å². The van der Waals surface area contributed by atoms with E-state index >= 15 is 0 Å². The molecule has 1 N–H and O–H groups in total. The van der Waals surface area contributed by atoms with E-state index in [4.69, 9.17) is 9.57 Å². The third-order valence-electron chi connectivity index (χ3n) is 6.74. The van der Waals surface area contributed by atoms with Crippen LogP contribution in [0.1, 0.15) is 44.6 Å². The Labute approximate surface area is 182 Å². The average Bonchev–Trinajstić information content (AvgIpc) is 3.34. The third kappa shape index (κ3) is 3.80. The Morgan fingerprint density at radius 3 is 2.77 bits per heavy atom. The molecule has 9 nitrogen and oxygen atoms in total. The molecule has 0 amide bonds. The Morgan fingerprint density at radius 1 is 1.29 bits per heavy atom. The molecule has 2 aliphatic heterocycles. The first-order chi connectivity index (χ1) is 14.9. The van der Waals surface area contributed by atoms with E-state index < -0.39 is 9.84 Å². The molecule has 0 aromatic carbocycles. The minimum absolute atomic E-state index is 0.0875. The van der Waals surface area contributed by atoms with Crippen LogP contribution in [0.15, 0.2) is 17.5 Å². The quantitative estimate of drug-likeness (QED) is 0.724. The van der Waals surface area contributed by atoms with Crippen molar-refractivity contribution in [2.24, 2.45) is 11.1 Å². The SMILES string of the molecule is CCn1ncc2c(NC3CCS(=O)(=O)CC3)c(C3=NOC4(C3)CC(COC)C4)cnc21. The van der Waals surface area contributed by atoms with Crippen LogP contribution in [-0.2, 0) is 26.0 Å². The highest BCUT2D eigenvalue weighted by molar-refractivity contribution is 7.91. The van der Waals surface area contributed by atoms with Gasteiger partial charge < -0.3 is 14.9 Å². The zero-order chi connectivity index (χ0) is 21.6. The smallest absolute Gasteiger partial charge is 0.159 e. The molecule has 0 unspecified atom stereocenters. The van der Waals surface area contributed by atoms with E-state index in [0.717, 1.165) is 60.4 Å². The van der Waals surface area contributed by atoms with Crippen LogP contribution in [0.3, 0.4) is 0 Å². The lowest BCUT2D eigenvalue weighted by Gasteiger charge is -2.42. The van der Waals surface area contributed by atoms with Crippen LogP contribution in [0.5, 0.6) is 0 Å². The molecule has 0 atom stereocenters. The summed E-state index contributed by atoms with van der Waals surface area (Å²) >= 11 is 0. The van der Waals surface area contributed by atoms with Gasteiger partial charge in [0.25, 0.3) is 0 Å². The van der Waals surface area contributed by atoms with Gasteiger partial charge in [0, 0.05) is 44.5 Å². The van der Waals surface area contributed by atoms with Gasteiger partial charge >= 0.3 is 0 Å². The van der Waals surface area contributed by atoms with Gasteiger partial charge in [-0.25, -0.2) is 18.1 Å². The molecular formula is C21H29N5O4S. The largest absolute Gasteiger partial charge is 0.389 e. The van der Waals surface area contributed by atoms with Crippen molar-refractivity contribution in [3.8, 4) is 0 Å². The van der Waals surface area contributed by atoms with Gasteiger partial charge in [-0.15, -0.1) is 0 Å². The number of rotatable bonds is 6. The first-order valence-electron chi connectivity index (χ1n) is 11.0. The lowest BCUT2D eigenvalue weighted by Crippen LogP contribution is -2.45. The van der Waals surface area contributed by atoms with E-state index in [2.05, 4.69) is 20.6 Å². The molecule has 10 heteroatoms. The number of anilines is 1. The number of ether oxygens (including phenoxy) is 1. The molecule has 0 radical (unpaired) electrons. The summed E-state index contributed by atoms with van der Waals surface area (Å²) < 4.78 is 30.9. The molecule has 2 aromatic heterocycles. The minimum Gasteiger partial charge on any atom is -0.389 e. The van der Waals surface area contributed by atoms with Crippen molar-refractivity contribution < 1.29 is 18.0 Å². The predicted molar refractivity (Wildman–Crippen MR) is 118 cm³/mol. The summed E-state index contributed by atoms with van der Waals surface area (Å²) in [5.74, 6) is 0.956. The zero-order valence-corrected chi connectivity index (χ0v) is 18.8. The normalized spacial score (nSPS) is 23.0. The first-order valence-corrected chi connectivity index (χ1v) is 12.8. The Kier molecular flexibility index (Phi) is 5.16. The number of hydrogen-bond donors (Lipinski definition) is 1. The summed E-state index contributed by atoms with van der Waals surface area (Å²) in [7, 11) is -1.19. The van der Waals surface area contributed by atoms with Crippen molar-refractivity contribution in [3.63, 3.8) is 0 Å². The van der Waals surface area contributed by atoms with Gasteiger partial charge in [0.05, 0.1) is 34.5 Å². The third-order valence-corrected chi connectivity index (χ3v) is 8.46. The van der Waals surface area contributed by atoms with Gasteiger partial charge in [0.15, 0.2) is 5.65 Å². The van der Waals surface area contributed by atoms with Crippen molar-refractivity contribution >= 4 is 32.3 Å². The second-order valence-corrected chi connectivity index (χ2v) is 11.3. The molecular weight excluding hydrogens is 418 g/mol. The van der Waals surface area contributed by atoms with Crippen LogP contribution in [-0.4, -0.2) is 65.8 Å². The fraction of sp³-hybridized carbons (Fsp3) is 0.667. The minimum atomic E-state index is -2.92. The molecule has 1 saturated heterocycles. The molecule has 168 valence electrons. The highest BCUT2D eigenvalue weighted by Gasteiger charge is 2.51. The maximum absolute atomic E-state index is 11.9. The summed E-state index contributed by atoms with van der Waals surface area (Å²) in [4.78, 5) is 10.6. The Balaban J connectivity index is 1.44. The molecule has 1 aliphatic carbocycles. The van der Waals surface area contributed by atoms with E-state index in [9.17, 15) is 8.42 Å². The standard InChI is InChI=1S/C21H29N5O4S/c1-3-26-20-17(12-23-26)19(24-15-4-6-31(27,28)7-5-15)16(11-22-20)18-10-21(30-25-18)8-14(9-21)13-29-2/h11-12,14-15H,3-10,13H2,1-2H3,(H,22,24). The fourth-order valence-corrected chi connectivity index (χ4v) is 6.59. The summed E-state index contributed by atoms with van der Waals surface area (Å²) in [5.41, 5.74) is 3.33. The van der Waals surface area contributed by atoms with E-state index in [1.807, 2.05) is 24.0 Å². The van der Waals surface area contributed by atoms with Gasteiger partial charge in [-0.05, 0) is 38.5 Å². The molecule has 2 aromatic rings. The second kappa shape index (κ2) is 7.74. The number of fused-ring (bicyclic) bond motifs is 1. The number of oxime groups is 1. The van der Waals surface area contributed by atoms with Crippen molar-refractivity contribution in [3.05, 3.63) is 18.0 Å². The number of aryl methyl sites for hydroxylation is 1. The van der Waals surface area contributed by atoms with Gasteiger partial charge in [-0.2, -0.15) is 5.10 Å².